The van der Waals surface area contributed by atoms with Crippen molar-refractivity contribution in [3.8, 4) is 5.88 Å². The molecule has 15 heavy (non-hydrogen) atoms. The van der Waals surface area contributed by atoms with E-state index in [2.05, 4.69) is 20.9 Å². The fraction of sp³-hybridized carbons (Fsp3) is 0.500. The monoisotopic (exact) mass is 291 g/mol. The summed E-state index contributed by atoms with van der Waals surface area (Å²) < 4.78 is 10.7. The second-order valence-corrected chi connectivity index (χ2v) is 4.43. The quantitative estimate of drug-likeness (QED) is 0.785. The minimum Gasteiger partial charge on any atom is -0.480 e. The Hall–Kier alpha value is -0.320. The van der Waals surface area contributed by atoms with Gasteiger partial charge in [-0.2, -0.15) is 0 Å². The van der Waals surface area contributed by atoms with Crippen molar-refractivity contribution in [1.29, 1.82) is 0 Å². The van der Waals surface area contributed by atoms with Gasteiger partial charge in [0.1, 0.15) is 5.02 Å². The molecular formula is C10H11BrClNO2. The lowest BCUT2D eigenvalue weighted by Gasteiger charge is -2.23. The van der Waals surface area contributed by atoms with Gasteiger partial charge in [0.05, 0.1) is 25.5 Å². The van der Waals surface area contributed by atoms with Gasteiger partial charge in [0.15, 0.2) is 0 Å². The van der Waals surface area contributed by atoms with Crippen molar-refractivity contribution in [2.45, 2.75) is 19.1 Å². The Morgan fingerprint density at radius 2 is 2.53 bits per heavy atom. The highest BCUT2D eigenvalue weighted by Gasteiger charge is 2.21. The molecule has 0 aliphatic carbocycles. The second kappa shape index (κ2) is 4.68. The average molecular weight is 293 g/mol. The third-order valence-electron chi connectivity index (χ3n) is 2.37. The zero-order valence-electron chi connectivity index (χ0n) is 8.30. The first-order valence-electron chi connectivity index (χ1n) is 4.64. The number of halogens is 2. The molecule has 5 heteroatoms. The summed E-state index contributed by atoms with van der Waals surface area (Å²) in [4.78, 5) is 4.37. The van der Waals surface area contributed by atoms with Gasteiger partial charge in [0.25, 0.3) is 0 Å². The van der Waals surface area contributed by atoms with Crippen molar-refractivity contribution in [2.24, 2.45) is 0 Å². The van der Waals surface area contributed by atoms with Crippen LogP contribution in [0.2, 0.25) is 5.02 Å². The molecule has 1 aliphatic heterocycles. The van der Waals surface area contributed by atoms with E-state index >= 15 is 0 Å². The van der Waals surface area contributed by atoms with Crippen LogP contribution < -0.4 is 4.74 Å². The molecule has 1 aromatic rings. The number of ether oxygens (including phenoxy) is 2. The molecule has 0 saturated heterocycles. The van der Waals surface area contributed by atoms with Crippen molar-refractivity contribution >= 4 is 27.5 Å². The Kier molecular flexibility index (Phi) is 3.49. The molecule has 1 aromatic heterocycles. The van der Waals surface area contributed by atoms with Crippen LogP contribution in [0.5, 0.6) is 5.88 Å². The molecule has 1 atom stereocenters. The molecule has 1 unspecified atom stereocenters. The molecule has 0 aromatic carbocycles. The van der Waals surface area contributed by atoms with Crippen LogP contribution in [-0.2, 0) is 17.8 Å². The van der Waals surface area contributed by atoms with Crippen LogP contribution in [-0.4, -0.2) is 23.5 Å². The van der Waals surface area contributed by atoms with Crippen molar-refractivity contribution in [3.05, 3.63) is 22.3 Å². The zero-order valence-corrected chi connectivity index (χ0v) is 10.6. The molecule has 2 rings (SSSR count). The van der Waals surface area contributed by atoms with Crippen LogP contribution in [0.25, 0.3) is 0 Å². The molecule has 0 N–H and O–H groups in total. The standard InChI is InChI=1S/C10H11BrClNO2/c1-14-10-8(12)2-6-5-15-7(4-11)3-9(6)13-10/h2,7H,3-5H2,1H3. The summed E-state index contributed by atoms with van der Waals surface area (Å²) in [6.45, 7) is 0.572. The molecule has 0 saturated carbocycles. The van der Waals surface area contributed by atoms with E-state index in [9.17, 15) is 0 Å². The first kappa shape index (κ1) is 11.2. The lowest BCUT2D eigenvalue weighted by molar-refractivity contribution is 0.0433. The SMILES string of the molecule is COc1nc2c(cc1Cl)COC(CBr)C2. The van der Waals surface area contributed by atoms with Crippen LogP contribution in [0.4, 0.5) is 0 Å². The lowest BCUT2D eigenvalue weighted by Crippen LogP contribution is -2.24. The second-order valence-electron chi connectivity index (χ2n) is 3.38. The van der Waals surface area contributed by atoms with E-state index in [0.29, 0.717) is 17.5 Å². The molecule has 0 radical (unpaired) electrons. The summed E-state index contributed by atoms with van der Waals surface area (Å²) in [5.74, 6) is 0.491. The smallest absolute Gasteiger partial charge is 0.232 e. The number of hydrogen-bond acceptors (Lipinski definition) is 3. The maximum Gasteiger partial charge on any atom is 0.232 e. The van der Waals surface area contributed by atoms with Crippen LogP contribution in [0.15, 0.2) is 6.07 Å². The van der Waals surface area contributed by atoms with E-state index in [1.807, 2.05) is 6.07 Å². The predicted molar refractivity (Wildman–Crippen MR) is 61.9 cm³/mol. The van der Waals surface area contributed by atoms with E-state index in [1.165, 1.54) is 0 Å². The van der Waals surface area contributed by atoms with Gasteiger partial charge < -0.3 is 9.47 Å². The van der Waals surface area contributed by atoms with E-state index in [0.717, 1.165) is 23.0 Å². The highest BCUT2D eigenvalue weighted by Crippen LogP contribution is 2.28. The summed E-state index contributed by atoms with van der Waals surface area (Å²) in [5, 5.41) is 1.36. The highest BCUT2D eigenvalue weighted by atomic mass is 79.9. The first-order chi connectivity index (χ1) is 7.24. The number of aromatic nitrogens is 1. The average Bonchev–Trinajstić information content (AvgIpc) is 2.27. The number of hydrogen-bond donors (Lipinski definition) is 0. The minimum absolute atomic E-state index is 0.191. The molecule has 0 fully saturated rings. The van der Waals surface area contributed by atoms with Crippen molar-refractivity contribution in [1.82, 2.24) is 4.98 Å². The van der Waals surface area contributed by atoms with Crippen LogP contribution in [0.3, 0.4) is 0 Å². The van der Waals surface area contributed by atoms with E-state index in [4.69, 9.17) is 21.1 Å². The zero-order chi connectivity index (χ0) is 10.8. The summed E-state index contributed by atoms with van der Waals surface area (Å²) in [6.07, 6.45) is 0.990. The van der Waals surface area contributed by atoms with Gasteiger partial charge in [-0.25, -0.2) is 4.98 Å². The fourth-order valence-corrected chi connectivity index (χ4v) is 2.24. The number of alkyl halides is 1. The molecule has 1 aliphatic rings. The molecule has 3 nitrogen and oxygen atoms in total. The molecule has 2 heterocycles. The van der Waals surface area contributed by atoms with Crippen molar-refractivity contribution < 1.29 is 9.47 Å². The summed E-state index contributed by atoms with van der Waals surface area (Å²) in [6, 6.07) is 1.87. The largest absolute Gasteiger partial charge is 0.480 e. The Bertz CT molecular complexity index is 373. The van der Waals surface area contributed by atoms with Gasteiger partial charge in [-0.1, -0.05) is 27.5 Å². The van der Waals surface area contributed by atoms with E-state index in [-0.39, 0.29) is 6.10 Å². The maximum atomic E-state index is 5.98. The highest BCUT2D eigenvalue weighted by molar-refractivity contribution is 9.09. The summed E-state index contributed by atoms with van der Waals surface area (Å²) in [5.41, 5.74) is 2.07. The van der Waals surface area contributed by atoms with E-state index in [1.54, 1.807) is 7.11 Å². The number of fused-ring (bicyclic) bond motifs is 1. The maximum absolute atomic E-state index is 5.98. The summed E-state index contributed by atoms with van der Waals surface area (Å²) in [7, 11) is 1.57. The Labute approximate surface area is 102 Å². The van der Waals surface area contributed by atoms with Gasteiger partial charge in [-0.05, 0) is 6.07 Å². The van der Waals surface area contributed by atoms with Crippen molar-refractivity contribution in [3.63, 3.8) is 0 Å². The van der Waals surface area contributed by atoms with Gasteiger partial charge >= 0.3 is 0 Å². The van der Waals surface area contributed by atoms with Gasteiger partial charge in [-0.3, -0.25) is 0 Å². The van der Waals surface area contributed by atoms with Crippen LogP contribution in [0.1, 0.15) is 11.3 Å². The van der Waals surface area contributed by atoms with Crippen molar-refractivity contribution in [2.75, 3.05) is 12.4 Å². The van der Waals surface area contributed by atoms with Gasteiger partial charge in [0.2, 0.25) is 5.88 Å². The number of rotatable bonds is 2. The molecule has 0 bridgehead atoms. The molecule has 0 spiro atoms. The predicted octanol–water partition coefficient (Wildman–Crippen LogP) is 2.58. The van der Waals surface area contributed by atoms with Crippen LogP contribution in [0, 0.1) is 0 Å². The topological polar surface area (TPSA) is 31.4 Å². The Balaban J connectivity index is 2.33. The molecular weight excluding hydrogens is 281 g/mol. The number of pyridine rings is 1. The first-order valence-corrected chi connectivity index (χ1v) is 6.14. The van der Waals surface area contributed by atoms with Crippen LogP contribution >= 0.6 is 27.5 Å². The molecule has 82 valence electrons. The molecule has 0 amide bonds. The Morgan fingerprint density at radius 1 is 1.73 bits per heavy atom. The fourth-order valence-electron chi connectivity index (χ4n) is 1.57. The van der Waals surface area contributed by atoms with Gasteiger partial charge in [0, 0.05) is 17.3 Å². The minimum atomic E-state index is 0.191. The van der Waals surface area contributed by atoms with Gasteiger partial charge in [-0.15, -0.1) is 0 Å². The number of methoxy groups -OCH3 is 1. The third-order valence-corrected chi connectivity index (χ3v) is 3.37. The number of nitrogens with zero attached hydrogens (tertiary/aromatic N) is 1. The lowest BCUT2D eigenvalue weighted by atomic mass is 10.1. The Morgan fingerprint density at radius 3 is 3.20 bits per heavy atom. The summed E-state index contributed by atoms with van der Waals surface area (Å²) >= 11 is 9.38. The third kappa shape index (κ3) is 2.27. The normalized spacial score (nSPS) is 19.8. The van der Waals surface area contributed by atoms with E-state index < -0.39 is 0 Å².